The normalized spacial score (nSPS) is 11.9. The molecule has 0 bridgehead atoms. The number of nitrogens with one attached hydrogen (secondary N) is 1. The molecule has 0 heterocycles. The van der Waals surface area contributed by atoms with E-state index in [1.54, 1.807) is 18.2 Å². The van der Waals surface area contributed by atoms with Crippen molar-refractivity contribution in [1.82, 2.24) is 0 Å². The SMILES string of the molecule is N[C@H](C(=O)Nc1ccc(Br)c(Cl)c1)c1ccccc1. The van der Waals surface area contributed by atoms with Gasteiger partial charge in [0.25, 0.3) is 0 Å². The van der Waals surface area contributed by atoms with Crippen LogP contribution in [-0.2, 0) is 4.79 Å². The summed E-state index contributed by atoms with van der Waals surface area (Å²) in [4.78, 5) is 12.0. The lowest BCUT2D eigenvalue weighted by atomic mass is 10.1. The maximum absolute atomic E-state index is 12.0. The molecule has 1 amide bonds. The van der Waals surface area contributed by atoms with Gasteiger partial charge in [0.1, 0.15) is 6.04 Å². The number of carbonyl (C=O) groups excluding carboxylic acids is 1. The minimum atomic E-state index is -0.705. The third kappa shape index (κ3) is 3.56. The quantitative estimate of drug-likeness (QED) is 0.895. The smallest absolute Gasteiger partial charge is 0.245 e. The van der Waals surface area contributed by atoms with E-state index in [9.17, 15) is 4.79 Å². The molecule has 98 valence electrons. The van der Waals surface area contributed by atoms with Gasteiger partial charge in [-0.2, -0.15) is 0 Å². The highest BCUT2D eigenvalue weighted by Gasteiger charge is 2.15. The lowest BCUT2D eigenvalue weighted by molar-refractivity contribution is -0.117. The summed E-state index contributed by atoms with van der Waals surface area (Å²) >= 11 is 9.26. The Labute approximate surface area is 124 Å². The second kappa shape index (κ2) is 6.19. The molecule has 0 aliphatic carbocycles. The van der Waals surface area contributed by atoms with Crippen LogP contribution in [0, 0.1) is 0 Å². The summed E-state index contributed by atoms with van der Waals surface area (Å²) in [6.07, 6.45) is 0. The Bertz CT molecular complexity index is 589. The molecule has 3 nitrogen and oxygen atoms in total. The highest BCUT2D eigenvalue weighted by Crippen LogP contribution is 2.26. The number of benzene rings is 2. The van der Waals surface area contributed by atoms with E-state index in [0.29, 0.717) is 10.7 Å². The summed E-state index contributed by atoms with van der Waals surface area (Å²) in [5.74, 6) is -0.274. The lowest BCUT2D eigenvalue weighted by Crippen LogP contribution is -2.27. The minimum Gasteiger partial charge on any atom is -0.324 e. The van der Waals surface area contributed by atoms with E-state index < -0.39 is 6.04 Å². The van der Waals surface area contributed by atoms with Crippen molar-refractivity contribution in [2.24, 2.45) is 5.73 Å². The van der Waals surface area contributed by atoms with Gasteiger partial charge in [-0.3, -0.25) is 4.79 Å². The molecule has 5 heteroatoms. The number of rotatable bonds is 3. The van der Waals surface area contributed by atoms with Crippen LogP contribution in [0.25, 0.3) is 0 Å². The van der Waals surface area contributed by atoms with Crippen LogP contribution in [0.1, 0.15) is 11.6 Å². The van der Waals surface area contributed by atoms with Gasteiger partial charge in [-0.1, -0.05) is 41.9 Å². The van der Waals surface area contributed by atoms with Crippen molar-refractivity contribution in [2.45, 2.75) is 6.04 Å². The van der Waals surface area contributed by atoms with Gasteiger partial charge >= 0.3 is 0 Å². The van der Waals surface area contributed by atoms with E-state index in [-0.39, 0.29) is 5.91 Å². The van der Waals surface area contributed by atoms with E-state index in [4.69, 9.17) is 17.3 Å². The molecule has 0 fully saturated rings. The zero-order valence-corrected chi connectivity index (χ0v) is 12.3. The van der Waals surface area contributed by atoms with E-state index in [1.807, 2.05) is 30.3 Å². The molecule has 0 aliphatic heterocycles. The van der Waals surface area contributed by atoms with Gasteiger partial charge in [0.2, 0.25) is 5.91 Å². The molecule has 0 aromatic heterocycles. The van der Waals surface area contributed by atoms with Gasteiger partial charge in [0, 0.05) is 10.2 Å². The largest absolute Gasteiger partial charge is 0.324 e. The highest BCUT2D eigenvalue weighted by molar-refractivity contribution is 9.10. The molecule has 3 N–H and O–H groups in total. The minimum absolute atomic E-state index is 0.274. The van der Waals surface area contributed by atoms with Crippen LogP contribution >= 0.6 is 27.5 Å². The van der Waals surface area contributed by atoms with Crippen LogP contribution in [0.15, 0.2) is 53.0 Å². The molecular weight excluding hydrogens is 328 g/mol. The number of anilines is 1. The Morgan fingerprint density at radius 3 is 2.53 bits per heavy atom. The first-order chi connectivity index (χ1) is 9.08. The molecule has 0 saturated heterocycles. The fourth-order valence-corrected chi connectivity index (χ4v) is 2.03. The summed E-state index contributed by atoms with van der Waals surface area (Å²) in [6, 6.07) is 13.7. The van der Waals surface area contributed by atoms with Crippen molar-refractivity contribution < 1.29 is 4.79 Å². The van der Waals surface area contributed by atoms with Gasteiger partial charge in [-0.05, 0) is 39.7 Å². The molecule has 0 unspecified atom stereocenters. The number of carbonyl (C=O) groups is 1. The highest BCUT2D eigenvalue weighted by atomic mass is 79.9. The lowest BCUT2D eigenvalue weighted by Gasteiger charge is -2.13. The van der Waals surface area contributed by atoms with E-state index in [2.05, 4.69) is 21.2 Å². The summed E-state index contributed by atoms with van der Waals surface area (Å²) in [6.45, 7) is 0. The summed E-state index contributed by atoms with van der Waals surface area (Å²) < 4.78 is 0.777. The molecule has 2 aromatic rings. The fraction of sp³-hybridized carbons (Fsp3) is 0.0714. The number of hydrogen-bond acceptors (Lipinski definition) is 2. The monoisotopic (exact) mass is 338 g/mol. The molecule has 19 heavy (non-hydrogen) atoms. The molecule has 0 radical (unpaired) electrons. The van der Waals surface area contributed by atoms with Crippen LogP contribution in [0.2, 0.25) is 5.02 Å². The topological polar surface area (TPSA) is 55.1 Å². The molecule has 0 spiro atoms. The number of halogens is 2. The second-order valence-corrected chi connectivity index (χ2v) is 5.27. The maximum Gasteiger partial charge on any atom is 0.245 e. The number of amides is 1. The summed E-state index contributed by atoms with van der Waals surface area (Å²) in [5.41, 5.74) is 7.28. The summed E-state index contributed by atoms with van der Waals surface area (Å²) in [7, 11) is 0. The van der Waals surface area contributed by atoms with E-state index >= 15 is 0 Å². The van der Waals surface area contributed by atoms with Gasteiger partial charge in [-0.25, -0.2) is 0 Å². The standard InChI is InChI=1S/C14H12BrClN2O/c15-11-7-6-10(8-12(11)16)18-14(19)13(17)9-4-2-1-3-5-9/h1-8,13H,17H2,(H,18,19)/t13-/m0/s1. The van der Waals surface area contributed by atoms with Crippen molar-refractivity contribution in [1.29, 1.82) is 0 Å². The van der Waals surface area contributed by atoms with Crippen molar-refractivity contribution in [3.05, 3.63) is 63.6 Å². The predicted octanol–water partition coefficient (Wildman–Crippen LogP) is 3.74. The third-order valence-corrected chi connectivity index (χ3v) is 3.86. The second-order valence-electron chi connectivity index (χ2n) is 4.01. The first-order valence-corrected chi connectivity index (χ1v) is 6.81. The Balaban J connectivity index is 2.10. The molecule has 0 saturated carbocycles. The van der Waals surface area contributed by atoms with Gasteiger partial charge < -0.3 is 11.1 Å². The first kappa shape index (κ1) is 14.1. The predicted molar refractivity (Wildman–Crippen MR) is 81.2 cm³/mol. The molecule has 2 aromatic carbocycles. The van der Waals surface area contributed by atoms with Crippen LogP contribution in [0.5, 0.6) is 0 Å². The summed E-state index contributed by atoms with van der Waals surface area (Å²) in [5, 5.41) is 3.27. The van der Waals surface area contributed by atoms with Gasteiger partial charge in [0.05, 0.1) is 5.02 Å². The molecular formula is C14H12BrClN2O. The zero-order valence-electron chi connectivity index (χ0n) is 9.94. The van der Waals surface area contributed by atoms with Crippen LogP contribution in [-0.4, -0.2) is 5.91 Å². The Hall–Kier alpha value is -1.36. The Kier molecular flexibility index (Phi) is 4.58. The first-order valence-electron chi connectivity index (χ1n) is 5.64. The maximum atomic E-state index is 12.0. The fourth-order valence-electron chi connectivity index (χ4n) is 1.61. The van der Waals surface area contributed by atoms with Crippen molar-refractivity contribution in [3.63, 3.8) is 0 Å². The number of hydrogen-bond donors (Lipinski definition) is 2. The average molecular weight is 340 g/mol. The Morgan fingerprint density at radius 1 is 1.21 bits per heavy atom. The number of nitrogens with two attached hydrogens (primary N) is 1. The molecule has 0 aliphatic rings. The van der Waals surface area contributed by atoms with Gasteiger partial charge in [0.15, 0.2) is 0 Å². The molecule has 1 atom stereocenters. The van der Waals surface area contributed by atoms with Crippen LogP contribution < -0.4 is 11.1 Å². The van der Waals surface area contributed by atoms with Crippen LogP contribution in [0.3, 0.4) is 0 Å². The average Bonchev–Trinajstić information content (AvgIpc) is 2.43. The third-order valence-electron chi connectivity index (χ3n) is 2.63. The Morgan fingerprint density at radius 2 is 1.89 bits per heavy atom. The zero-order chi connectivity index (χ0) is 13.8. The van der Waals surface area contributed by atoms with Crippen LogP contribution in [0.4, 0.5) is 5.69 Å². The van der Waals surface area contributed by atoms with E-state index in [1.165, 1.54) is 0 Å². The van der Waals surface area contributed by atoms with Gasteiger partial charge in [-0.15, -0.1) is 0 Å². The van der Waals surface area contributed by atoms with Crippen molar-refractivity contribution >= 4 is 39.1 Å². The van der Waals surface area contributed by atoms with E-state index in [0.717, 1.165) is 10.0 Å². The molecule has 2 rings (SSSR count). The van der Waals surface area contributed by atoms with Crippen molar-refractivity contribution in [2.75, 3.05) is 5.32 Å². The van der Waals surface area contributed by atoms with Crippen molar-refractivity contribution in [3.8, 4) is 0 Å².